The van der Waals surface area contributed by atoms with Gasteiger partial charge in [0.05, 0.1) is 20.6 Å². The molecule has 2 amide bonds. The van der Waals surface area contributed by atoms with Crippen LogP contribution < -0.4 is 9.62 Å². The molecule has 2 atom stereocenters. The summed E-state index contributed by atoms with van der Waals surface area (Å²) < 4.78 is 28.8. The number of rotatable bonds is 12. The highest BCUT2D eigenvalue weighted by atomic mass is 35.5. The molecular formula is C30H34Cl3N3O4S. The van der Waals surface area contributed by atoms with E-state index in [1.165, 1.54) is 23.1 Å². The lowest BCUT2D eigenvalue weighted by Gasteiger charge is -2.34. The van der Waals surface area contributed by atoms with Crippen molar-refractivity contribution in [2.24, 2.45) is 0 Å². The van der Waals surface area contributed by atoms with Crippen LogP contribution in [0.4, 0.5) is 5.69 Å². The largest absolute Gasteiger partial charge is 0.352 e. The first-order chi connectivity index (χ1) is 19.4. The van der Waals surface area contributed by atoms with E-state index in [0.717, 1.165) is 9.87 Å². The fraction of sp³-hybridized carbons (Fsp3) is 0.333. The van der Waals surface area contributed by atoms with Crippen molar-refractivity contribution in [1.82, 2.24) is 10.2 Å². The van der Waals surface area contributed by atoms with Crippen LogP contribution >= 0.6 is 34.8 Å². The minimum Gasteiger partial charge on any atom is -0.352 e. The molecule has 0 heterocycles. The van der Waals surface area contributed by atoms with E-state index in [9.17, 15) is 18.0 Å². The molecule has 3 rings (SSSR count). The van der Waals surface area contributed by atoms with E-state index in [0.29, 0.717) is 33.5 Å². The number of nitrogens with one attached hydrogen (secondary N) is 1. The molecular weight excluding hydrogens is 605 g/mol. The molecule has 0 saturated heterocycles. The lowest BCUT2D eigenvalue weighted by atomic mass is 10.1. The lowest BCUT2D eigenvalue weighted by molar-refractivity contribution is -0.140. The zero-order valence-electron chi connectivity index (χ0n) is 23.4. The van der Waals surface area contributed by atoms with Gasteiger partial charge in [0.1, 0.15) is 12.6 Å². The van der Waals surface area contributed by atoms with Crippen molar-refractivity contribution in [3.63, 3.8) is 0 Å². The normalized spacial score (nSPS) is 12.9. The number of carbonyl (C=O) groups excluding carboxylic acids is 2. The summed E-state index contributed by atoms with van der Waals surface area (Å²) in [4.78, 5) is 28.9. The number of aryl methyl sites for hydroxylation is 1. The lowest BCUT2D eigenvalue weighted by Crippen LogP contribution is -2.53. The van der Waals surface area contributed by atoms with Crippen LogP contribution in [-0.4, -0.2) is 43.8 Å². The van der Waals surface area contributed by atoms with Crippen LogP contribution in [0.3, 0.4) is 0 Å². The topological polar surface area (TPSA) is 86.8 Å². The molecule has 0 aliphatic rings. The van der Waals surface area contributed by atoms with E-state index in [-0.39, 0.29) is 29.1 Å². The molecule has 0 aliphatic heterocycles. The first-order valence-corrected chi connectivity index (χ1v) is 15.8. The van der Waals surface area contributed by atoms with Crippen molar-refractivity contribution in [2.75, 3.05) is 10.8 Å². The second-order valence-electron chi connectivity index (χ2n) is 9.77. The van der Waals surface area contributed by atoms with Crippen molar-refractivity contribution < 1.29 is 18.0 Å². The highest BCUT2D eigenvalue weighted by Gasteiger charge is 2.34. The van der Waals surface area contributed by atoms with Gasteiger partial charge in [-0.3, -0.25) is 13.9 Å². The monoisotopic (exact) mass is 637 g/mol. The standard InChI is InChI=1S/C30H34Cl3N3O4S/c1-5-21(4)34-30(38)28(6-2)35(18-22-13-15-25(31)27(33)16-22)29(37)19-36(23-14-12-20(3)26(32)17-23)41(39,40)24-10-8-7-9-11-24/h7-17,21,28H,5-6,18-19H2,1-4H3,(H,34,38). The molecule has 11 heteroatoms. The maximum Gasteiger partial charge on any atom is 0.264 e. The highest BCUT2D eigenvalue weighted by Crippen LogP contribution is 2.29. The summed E-state index contributed by atoms with van der Waals surface area (Å²) in [5, 5.41) is 3.96. The van der Waals surface area contributed by atoms with Crippen molar-refractivity contribution in [3.8, 4) is 0 Å². The fourth-order valence-electron chi connectivity index (χ4n) is 4.18. The second kappa shape index (κ2) is 14.4. The number of anilines is 1. The molecule has 0 radical (unpaired) electrons. The van der Waals surface area contributed by atoms with Crippen LogP contribution in [0.25, 0.3) is 0 Å². The summed E-state index contributed by atoms with van der Waals surface area (Å²) in [5.74, 6) is -0.899. The van der Waals surface area contributed by atoms with Gasteiger partial charge in [-0.05, 0) is 74.2 Å². The highest BCUT2D eigenvalue weighted by molar-refractivity contribution is 7.92. The number of hydrogen-bond donors (Lipinski definition) is 1. The van der Waals surface area contributed by atoms with Gasteiger partial charge in [-0.1, -0.05) is 79.0 Å². The smallest absolute Gasteiger partial charge is 0.264 e. The van der Waals surface area contributed by atoms with Crippen LogP contribution in [0, 0.1) is 6.92 Å². The van der Waals surface area contributed by atoms with Gasteiger partial charge in [-0.2, -0.15) is 0 Å². The Morgan fingerprint density at radius 1 is 0.878 bits per heavy atom. The van der Waals surface area contributed by atoms with Gasteiger partial charge in [0.15, 0.2) is 0 Å². The molecule has 0 spiro atoms. The Hall–Kier alpha value is -2.78. The maximum absolute atomic E-state index is 14.1. The van der Waals surface area contributed by atoms with Crippen LogP contribution in [-0.2, 0) is 26.2 Å². The third kappa shape index (κ3) is 8.16. The Bertz CT molecular complexity index is 1490. The zero-order valence-corrected chi connectivity index (χ0v) is 26.5. The predicted molar refractivity (Wildman–Crippen MR) is 166 cm³/mol. The van der Waals surface area contributed by atoms with Crippen molar-refractivity contribution in [3.05, 3.63) is 92.9 Å². The van der Waals surface area contributed by atoms with Gasteiger partial charge in [0.25, 0.3) is 10.0 Å². The van der Waals surface area contributed by atoms with Crippen molar-refractivity contribution >= 4 is 62.3 Å². The number of benzene rings is 3. The minimum absolute atomic E-state index is 0.00995. The van der Waals surface area contributed by atoms with E-state index < -0.39 is 28.5 Å². The summed E-state index contributed by atoms with van der Waals surface area (Å²) in [5.41, 5.74) is 1.62. The Labute approximate surface area is 257 Å². The Balaban J connectivity index is 2.09. The average molecular weight is 639 g/mol. The van der Waals surface area contributed by atoms with Crippen LogP contribution in [0.1, 0.15) is 44.7 Å². The average Bonchev–Trinajstić information content (AvgIpc) is 2.95. The molecule has 7 nitrogen and oxygen atoms in total. The molecule has 2 unspecified atom stereocenters. The van der Waals surface area contributed by atoms with E-state index in [1.807, 2.05) is 13.8 Å². The van der Waals surface area contributed by atoms with Crippen molar-refractivity contribution in [1.29, 1.82) is 0 Å². The van der Waals surface area contributed by atoms with E-state index in [4.69, 9.17) is 34.8 Å². The number of nitrogens with zero attached hydrogens (tertiary/aromatic N) is 2. The molecule has 0 saturated carbocycles. The Morgan fingerprint density at radius 2 is 1.56 bits per heavy atom. The molecule has 0 aliphatic carbocycles. The molecule has 1 N–H and O–H groups in total. The molecule has 0 aromatic heterocycles. The zero-order chi connectivity index (χ0) is 30.3. The summed E-state index contributed by atoms with van der Waals surface area (Å²) in [7, 11) is -4.19. The van der Waals surface area contributed by atoms with Gasteiger partial charge in [0.2, 0.25) is 11.8 Å². The van der Waals surface area contributed by atoms with E-state index >= 15 is 0 Å². The summed E-state index contributed by atoms with van der Waals surface area (Å²) in [6.45, 7) is 6.87. The van der Waals surface area contributed by atoms with Crippen LogP contribution in [0.5, 0.6) is 0 Å². The molecule has 0 fully saturated rings. The number of halogens is 3. The van der Waals surface area contributed by atoms with Gasteiger partial charge in [0, 0.05) is 17.6 Å². The third-order valence-electron chi connectivity index (χ3n) is 6.78. The predicted octanol–water partition coefficient (Wildman–Crippen LogP) is 6.87. The summed E-state index contributed by atoms with van der Waals surface area (Å²) in [6, 6.07) is 16.6. The maximum atomic E-state index is 14.1. The summed E-state index contributed by atoms with van der Waals surface area (Å²) >= 11 is 18.7. The SMILES string of the molecule is CCC(C)NC(=O)C(CC)N(Cc1ccc(Cl)c(Cl)c1)C(=O)CN(c1ccc(C)c(Cl)c1)S(=O)(=O)c1ccccc1. The number of carbonyl (C=O) groups is 2. The first-order valence-electron chi connectivity index (χ1n) is 13.3. The first kappa shape index (κ1) is 32.7. The van der Waals surface area contributed by atoms with Gasteiger partial charge in [-0.25, -0.2) is 8.42 Å². The van der Waals surface area contributed by atoms with Crippen LogP contribution in [0.2, 0.25) is 15.1 Å². The quantitative estimate of drug-likeness (QED) is 0.235. The molecule has 3 aromatic carbocycles. The fourth-order valence-corrected chi connectivity index (χ4v) is 6.10. The van der Waals surface area contributed by atoms with E-state index in [1.54, 1.807) is 62.4 Å². The van der Waals surface area contributed by atoms with Crippen LogP contribution in [0.15, 0.2) is 71.6 Å². The van der Waals surface area contributed by atoms with Gasteiger partial charge >= 0.3 is 0 Å². The molecule has 220 valence electrons. The Kier molecular flexibility index (Phi) is 11.5. The third-order valence-corrected chi connectivity index (χ3v) is 9.71. The molecule has 3 aromatic rings. The van der Waals surface area contributed by atoms with Gasteiger partial charge in [-0.15, -0.1) is 0 Å². The molecule has 41 heavy (non-hydrogen) atoms. The van der Waals surface area contributed by atoms with Gasteiger partial charge < -0.3 is 10.2 Å². The number of sulfonamides is 1. The summed E-state index contributed by atoms with van der Waals surface area (Å²) in [6.07, 6.45) is 1.01. The van der Waals surface area contributed by atoms with E-state index in [2.05, 4.69) is 5.32 Å². The minimum atomic E-state index is -4.19. The van der Waals surface area contributed by atoms with Crippen molar-refractivity contribution in [2.45, 2.75) is 64.1 Å². The Morgan fingerprint density at radius 3 is 2.15 bits per heavy atom. The number of hydrogen-bond acceptors (Lipinski definition) is 4. The second-order valence-corrected chi connectivity index (χ2v) is 12.9. The molecule has 0 bridgehead atoms. The number of amides is 2.